The standard InChI is InChI=1S/C33H32FN5O6S/c1-35-31(40)28-25-16-24(26(38(3)46(4,43)44)17-27(25)45-30(28)19-11-13-21(34)14-12-19)20-8-7-15-39(18-20)33(42)29-22-9-5-6-10-23(22)32(41)37(2)36-29/h5-6,9-14,16-17,20H,7-8,15,18H2,1-4H3,(H,35,40)/t20-/m0/s1. The number of carbonyl (C=O) groups is 2. The lowest BCUT2D eigenvalue weighted by Gasteiger charge is -2.35. The first-order valence-electron chi connectivity index (χ1n) is 14.7. The summed E-state index contributed by atoms with van der Waals surface area (Å²) in [5, 5.41) is 8.25. The smallest absolute Gasteiger partial charge is 0.274 e. The lowest BCUT2D eigenvalue weighted by Crippen LogP contribution is -2.41. The van der Waals surface area contributed by atoms with E-state index in [2.05, 4.69) is 10.4 Å². The summed E-state index contributed by atoms with van der Waals surface area (Å²) >= 11 is 0. The minimum absolute atomic E-state index is 0.156. The van der Waals surface area contributed by atoms with Crippen LogP contribution in [0.25, 0.3) is 33.1 Å². The third kappa shape index (κ3) is 5.40. The van der Waals surface area contributed by atoms with Crippen LogP contribution in [0.5, 0.6) is 0 Å². The van der Waals surface area contributed by atoms with E-state index in [1.807, 2.05) is 0 Å². The first-order chi connectivity index (χ1) is 21.9. The quantitative estimate of drug-likeness (QED) is 0.292. The Kier molecular flexibility index (Phi) is 7.88. The van der Waals surface area contributed by atoms with Crippen LogP contribution in [0.15, 0.2) is 69.9 Å². The lowest BCUT2D eigenvalue weighted by molar-refractivity contribution is 0.0701. The fourth-order valence-corrected chi connectivity index (χ4v) is 6.62. The Labute approximate surface area is 264 Å². The summed E-state index contributed by atoms with van der Waals surface area (Å²) in [7, 11) is 0.707. The van der Waals surface area contributed by atoms with E-state index in [1.54, 1.807) is 41.3 Å². The van der Waals surface area contributed by atoms with Gasteiger partial charge in [0.15, 0.2) is 5.69 Å². The van der Waals surface area contributed by atoms with Crippen molar-refractivity contribution in [3.63, 3.8) is 0 Å². The summed E-state index contributed by atoms with van der Waals surface area (Å²) < 4.78 is 47.9. The second-order valence-corrected chi connectivity index (χ2v) is 13.5. The van der Waals surface area contributed by atoms with Crippen LogP contribution in [-0.4, -0.2) is 68.4 Å². The third-order valence-electron chi connectivity index (χ3n) is 8.54. The zero-order valence-electron chi connectivity index (χ0n) is 25.7. The summed E-state index contributed by atoms with van der Waals surface area (Å²) in [4.78, 5) is 41.5. The molecule has 0 unspecified atom stereocenters. The van der Waals surface area contributed by atoms with Crippen LogP contribution in [-0.2, 0) is 17.1 Å². The van der Waals surface area contributed by atoms with Crippen molar-refractivity contribution < 1.29 is 26.8 Å². The van der Waals surface area contributed by atoms with Gasteiger partial charge in [-0.05, 0) is 54.8 Å². The summed E-state index contributed by atoms with van der Waals surface area (Å²) in [5.74, 6) is -1.32. The van der Waals surface area contributed by atoms with Gasteiger partial charge in [-0.15, -0.1) is 0 Å². The minimum atomic E-state index is -3.73. The van der Waals surface area contributed by atoms with Gasteiger partial charge in [0, 0.05) is 62.6 Å². The number of furan rings is 1. The molecule has 0 radical (unpaired) electrons. The third-order valence-corrected chi connectivity index (χ3v) is 9.73. The molecule has 1 saturated heterocycles. The number of halogens is 1. The van der Waals surface area contributed by atoms with E-state index in [9.17, 15) is 27.2 Å². The van der Waals surface area contributed by atoms with Gasteiger partial charge in [-0.3, -0.25) is 18.7 Å². The van der Waals surface area contributed by atoms with Crippen LogP contribution < -0.4 is 15.2 Å². The van der Waals surface area contributed by atoms with E-state index in [1.165, 1.54) is 45.4 Å². The topological polar surface area (TPSA) is 135 Å². The molecular formula is C33H32FN5O6S. The highest BCUT2D eigenvalue weighted by atomic mass is 32.2. The van der Waals surface area contributed by atoms with Crippen LogP contribution in [0.3, 0.4) is 0 Å². The van der Waals surface area contributed by atoms with Gasteiger partial charge in [0.25, 0.3) is 17.4 Å². The Morgan fingerprint density at radius 1 is 1.07 bits per heavy atom. The number of likely N-dealkylation sites (tertiary alicyclic amines) is 1. The highest BCUT2D eigenvalue weighted by Gasteiger charge is 2.32. The number of aromatic nitrogens is 2. The number of benzene rings is 3. The number of amides is 2. The molecule has 0 saturated carbocycles. The monoisotopic (exact) mass is 645 g/mol. The van der Waals surface area contributed by atoms with Gasteiger partial charge in [0.05, 0.1) is 22.9 Å². The second-order valence-electron chi connectivity index (χ2n) is 11.4. The Morgan fingerprint density at radius 2 is 1.76 bits per heavy atom. The molecule has 46 heavy (non-hydrogen) atoms. The number of aryl methyl sites for hydroxylation is 1. The van der Waals surface area contributed by atoms with Crippen LogP contribution >= 0.6 is 0 Å². The van der Waals surface area contributed by atoms with Crippen molar-refractivity contribution in [1.82, 2.24) is 20.0 Å². The minimum Gasteiger partial charge on any atom is -0.455 e. The van der Waals surface area contributed by atoms with E-state index < -0.39 is 21.7 Å². The van der Waals surface area contributed by atoms with Gasteiger partial charge >= 0.3 is 0 Å². The molecule has 5 aromatic rings. The molecule has 1 atom stereocenters. The van der Waals surface area contributed by atoms with Crippen molar-refractivity contribution >= 4 is 49.3 Å². The average Bonchev–Trinajstić information content (AvgIpc) is 3.43. The molecule has 2 amide bonds. The maximum atomic E-state index is 14.0. The molecule has 1 fully saturated rings. The van der Waals surface area contributed by atoms with E-state index in [0.29, 0.717) is 52.4 Å². The summed E-state index contributed by atoms with van der Waals surface area (Å²) in [6.45, 7) is 0.684. The molecule has 6 rings (SSSR count). The predicted octanol–water partition coefficient (Wildman–Crippen LogP) is 4.26. The first kappa shape index (κ1) is 31.0. The summed E-state index contributed by atoms with van der Waals surface area (Å²) in [6, 6.07) is 15.7. The molecule has 3 heterocycles. The van der Waals surface area contributed by atoms with Gasteiger partial charge in [0.2, 0.25) is 10.0 Å². The molecular weight excluding hydrogens is 613 g/mol. The molecule has 1 N–H and O–H groups in total. The Balaban J connectivity index is 1.49. The van der Waals surface area contributed by atoms with Crippen LogP contribution in [0.1, 0.15) is 45.2 Å². The zero-order valence-corrected chi connectivity index (χ0v) is 26.5. The van der Waals surface area contributed by atoms with Crippen molar-refractivity contribution in [3.05, 3.63) is 93.7 Å². The van der Waals surface area contributed by atoms with E-state index in [-0.39, 0.29) is 46.5 Å². The van der Waals surface area contributed by atoms with Gasteiger partial charge < -0.3 is 14.6 Å². The number of fused-ring (bicyclic) bond motifs is 2. The number of sulfonamides is 1. The first-order valence-corrected chi connectivity index (χ1v) is 16.5. The van der Waals surface area contributed by atoms with E-state index >= 15 is 0 Å². The SMILES string of the molecule is CNC(=O)c1c(-c2ccc(F)cc2)oc2cc(N(C)S(C)(=O)=O)c([C@H]3CCCN(C(=O)c4nn(C)c(=O)c5ccccc45)C3)cc12. The molecule has 3 aromatic carbocycles. The molecule has 1 aliphatic heterocycles. The summed E-state index contributed by atoms with van der Waals surface area (Å²) in [6.07, 6.45) is 2.35. The number of hydrogen-bond acceptors (Lipinski definition) is 7. The highest BCUT2D eigenvalue weighted by molar-refractivity contribution is 7.92. The Bertz CT molecular complexity index is 2190. The normalized spacial score (nSPS) is 15.3. The molecule has 1 aliphatic rings. The maximum absolute atomic E-state index is 14.0. The molecule has 0 spiro atoms. The lowest BCUT2D eigenvalue weighted by atomic mass is 9.87. The largest absolute Gasteiger partial charge is 0.455 e. The van der Waals surface area contributed by atoms with Gasteiger partial charge in [-0.1, -0.05) is 18.2 Å². The zero-order chi connectivity index (χ0) is 32.9. The van der Waals surface area contributed by atoms with Gasteiger partial charge in [-0.25, -0.2) is 17.5 Å². The molecule has 0 aliphatic carbocycles. The van der Waals surface area contributed by atoms with Crippen LogP contribution in [0, 0.1) is 5.82 Å². The van der Waals surface area contributed by atoms with Gasteiger partial charge in [-0.2, -0.15) is 5.10 Å². The molecule has 2 aromatic heterocycles. The summed E-state index contributed by atoms with van der Waals surface area (Å²) in [5.41, 5.74) is 1.79. The molecule has 0 bridgehead atoms. The maximum Gasteiger partial charge on any atom is 0.274 e. The van der Waals surface area contributed by atoms with Crippen molar-refractivity contribution in [2.24, 2.45) is 7.05 Å². The van der Waals surface area contributed by atoms with Crippen molar-refractivity contribution in [2.75, 3.05) is 37.7 Å². The Morgan fingerprint density at radius 3 is 2.43 bits per heavy atom. The van der Waals surface area contributed by atoms with Gasteiger partial charge in [0.1, 0.15) is 17.2 Å². The van der Waals surface area contributed by atoms with Crippen molar-refractivity contribution in [1.29, 1.82) is 0 Å². The van der Waals surface area contributed by atoms with Crippen molar-refractivity contribution in [2.45, 2.75) is 18.8 Å². The number of carbonyl (C=O) groups excluding carboxylic acids is 2. The van der Waals surface area contributed by atoms with Crippen LogP contribution in [0.4, 0.5) is 10.1 Å². The Hall–Kier alpha value is -5.04. The fraction of sp³-hybridized carbons (Fsp3) is 0.273. The number of nitrogens with zero attached hydrogens (tertiary/aromatic N) is 4. The van der Waals surface area contributed by atoms with E-state index in [0.717, 1.165) is 15.2 Å². The number of piperidine rings is 1. The highest BCUT2D eigenvalue weighted by Crippen LogP contribution is 2.42. The predicted molar refractivity (Wildman–Crippen MR) is 173 cm³/mol. The number of hydrogen-bond donors (Lipinski definition) is 1. The van der Waals surface area contributed by atoms with Crippen LogP contribution in [0.2, 0.25) is 0 Å². The second kappa shape index (κ2) is 11.7. The molecule has 238 valence electrons. The van der Waals surface area contributed by atoms with E-state index in [4.69, 9.17) is 4.42 Å². The molecule has 11 nitrogen and oxygen atoms in total. The van der Waals surface area contributed by atoms with Crippen molar-refractivity contribution in [3.8, 4) is 11.3 Å². The fourth-order valence-electron chi connectivity index (χ4n) is 6.11. The number of rotatable bonds is 6. The average molecular weight is 646 g/mol. The molecule has 13 heteroatoms. The number of nitrogens with one attached hydrogen (secondary N) is 1. The number of anilines is 1.